The molecule has 0 heterocycles. The maximum atomic E-state index is 12.9. The predicted octanol–water partition coefficient (Wildman–Crippen LogP) is 5.84. The third-order valence-corrected chi connectivity index (χ3v) is 4.31. The lowest BCUT2D eigenvalue weighted by Gasteiger charge is -2.13. The molecule has 0 amide bonds. The van der Waals surface area contributed by atoms with Gasteiger partial charge in [-0.15, -0.1) is 0 Å². The molecule has 0 saturated heterocycles. The zero-order valence-electron chi connectivity index (χ0n) is 16.6. The maximum Gasteiger partial charge on any atom is 0.189 e. The summed E-state index contributed by atoms with van der Waals surface area (Å²) in [7, 11) is 0. The van der Waals surface area contributed by atoms with Crippen molar-refractivity contribution in [2.45, 2.75) is 34.1 Å². The molecular formula is C24H28O3. The van der Waals surface area contributed by atoms with Crippen molar-refractivity contribution in [3.05, 3.63) is 84.0 Å². The van der Waals surface area contributed by atoms with Crippen molar-refractivity contribution in [1.29, 1.82) is 0 Å². The van der Waals surface area contributed by atoms with Gasteiger partial charge in [0.25, 0.3) is 0 Å². The minimum Gasteiger partial charge on any atom is -0.507 e. The highest BCUT2D eigenvalue weighted by atomic mass is 16.3. The van der Waals surface area contributed by atoms with E-state index in [0.29, 0.717) is 28.7 Å². The summed E-state index contributed by atoms with van der Waals surface area (Å²) in [6, 6.07) is 4.60. The van der Waals surface area contributed by atoms with Crippen LogP contribution in [0.15, 0.2) is 72.9 Å². The Morgan fingerprint density at radius 3 is 2.41 bits per heavy atom. The number of hydrogen-bond donors (Lipinski definition) is 1. The van der Waals surface area contributed by atoms with Crippen LogP contribution in [0.3, 0.4) is 0 Å². The molecule has 0 unspecified atom stereocenters. The third kappa shape index (κ3) is 5.52. The molecule has 0 aliphatic heterocycles. The number of Topliss-reactive ketones (excluding diaryl/α,β-unsaturated/α-hetero) is 2. The summed E-state index contributed by atoms with van der Waals surface area (Å²) in [6.45, 7) is 14.5. The number of phenolic OH excluding ortho intramolecular Hbond substituents is 1. The lowest BCUT2D eigenvalue weighted by atomic mass is 9.91. The van der Waals surface area contributed by atoms with Crippen LogP contribution in [0.1, 0.15) is 50.0 Å². The van der Waals surface area contributed by atoms with Gasteiger partial charge in [-0.2, -0.15) is 0 Å². The van der Waals surface area contributed by atoms with E-state index in [1.807, 2.05) is 12.2 Å². The van der Waals surface area contributed by atoms with Crippen molar-refractivity contribution in [1.82, 2.24) is 0 Å². The average molecular weight is 364 g/mol. The fourth-order valence-corrected chi connectivity index (χ4v) is 2.68. The van der Waals surface area contributed by atoms with Crippen molar-refractivity contribution >= 4 is 17.1 Å². The lowest BCUT2D eigenvalue weighted by Crippen LogP contribution is -2.11. The summed E-state index contributed by atoms with van der Waals surface area (Å²) < 4.78 is 0. The molecule has 0 saturated carbocycles. The van der Waals surface area contributed by atoms with Gasteiger partial charge in [-0.25, -0.2) is 0 Å². The first-order valence-electron chi connectivity index (χ1n) is 8.96. The monoisotopic (exact) mass is 364 g/mol. The molecule has 0 atom stereocenters. The molecule has 3 heteroatoms. The van der Waals surface area contributed by atoms with E-state index in [0.717, 1.165) is 5.57 Å². The van der Waals surface area contributed by atoms with Crippen LogP contribution in [-0.2, 0) is 4.79 Å². The van der Waals surface area contributed by atoms with Gasteiger partial charge < -0.3 is 5.11 Å². The zero-order valence-corrected chi connectivity index (χ0v) is 16.6. The average Bonchev–Trinajstić information content (AvgIpc) is 2.66. The number of allylic oxidation sites excluding steroid dienone is 8. The Hall–Kier alpha value is -2.94. The highest BCUT2D eigenvalue weighted by Crippen LogP contribution is 2.30. The summed E-state index contributed by atoms with van der Waals surface area (Å²) >= 11 is 0. The molecule has 0 fully saturated rings. The van der Waals surface area contributed by atoms with E-state index in [9.17, 15) is 14.7 Å². The molecule has 1 rings (SSSR count). The molecule has 0 aliphatic rings. The van der Waals surface area contributed by atoms with Crippen LogP contribution in [-0.4, -0.2) is 16.7 Å². The number of hydrogen-bond acceptors (Lipinski definition) is 3. The Morgan fingerprint density at radius 2 is 1.89 bits per heavy atom. The number of rotatable bonds is 9. The molecule has 1 aromatic carbocycles. The fraction of sp³-hybridized carbons (Fsp3) is 0.250. The van der Waals surface area contributed by atoms with Crippen LogP contribution in [0.2, 0.25) is 0 Å². The number of carbonyl (C=O) groups excluding carboxylic acids is 2. The number of carbonyl (C=O) groups is 2. The largest absolute Gasteiger partial charge is 0.507 e. The summed E-state index contributed by atoms with van der Waals surface area (Å²) in [5.74, 6) is -0.467. The highest BCUT2D eigenvalue weighted by molar-refractivity contribution is 6.22. The second-order valence-corrected chi connectivity index (χ2v) is 6.50. The summed E-state index contributed by atoms with van der Waals surface area (Å²) in [5.41, 5.74) is 2.60. The number of aromatic hydroxyl groups is 1. The minimum atomic E-state index is -0.208. The van der Waals surface area contributed by atoms with Gasteiger partial charge in [-0.1, -0.05) is 57.4 Å². The Kier molecular flexibility index (Phi) is 8.40. The topological polar surface area (TPSA) is 54.4 Å². The van der Waals surface area contributed by atoms with Crippen molar-refractivity contribution in [3.63, 3.8) is 0 Å². The first kappa shape index (κ1) is 22.1. The molecule has 1 N–H and O–H groups in total. The Balaban J connectivity index is 3.38. The summed E-state index contributed by atoms with van der Waals surface area (Å²) in [6.07, 6.45) is 9.31. The van der Waals surface area contributed by atoms with Crippen LogP contribution in [0.25, 0.3) is 5.57 Å². The van der Waals surface area contributed by atoms with Crippen LogP contribution in [0.5, 0.6) is 5.75 Å². The fourth-order valence-electron chi connectivity index (χ4n) is 2.68. The van der Waals surface area contributed by atoms with E-state index in [1.165, 1.54) is 6.07 Å². The van der Waals surface area contributed by atoms with Gasteiger partial charge in [-0.3, -0.25) is 9.59 Å². The molecule has 0 aromatic heterocycles. The molecule has 0 bridgehead atoms. The standard InChI is InChI=1S/C24H28O3/c1-7-10-11-12-18(8-2)17(6)24(27)19-13-14-22(25)21(15-19)20(9-3)23(26)16(4)5/h7-11,13-16,25H,1-2,12H2,3-6H3/b11-10-,18-17+,20-9-. The van der Waals surface area contributed by atoms with E-state index >= 15 is 0 Å². The van der Waals surface area contributed by atoms with Crippen molar-refractivity contribution in [2.75, 3.05) is 0 Å². The zero-order chi connectivity index (χ0) is 20.6. The summed E-state index contributed by atoms with van der Waals surface area (Å²) in [5, 5.41) is 10.2. The van der Waals surface area contributed by atoms with E-state index in [2.05, 4.69) is 13.2 Å². The Labute approximate surface area is 162 Å². The molecule has 1 aromatic rings. The van der Waals surface area contributed by atoms with Gasteiger partial charge in [-0.05, 0) is 44.0 Å². The third-order valence-electron chi connectivity index (χ3n) is 4.31. The second kappa shape index (κ2) is 10.3. The normalized spacial score (nSPS) is 12.9. The lowest BCUT2D eigenvalue weighted by molar-refractivity contribution is -0.116. The number of ketones is 2. The minimum absolute atomic E-state index is 0.0202. The predicted molar refractivity (Wildman–Crippen MR) is 113 cm³/mol. The first-order chi connectivity index (χ1) is 12.8. The van der Waals surface area contributed by atoms with Crippen LogP contribution >= 0.6 is 0 Å². The molecular weight excluding hydrogens is 336 g/mol. The van der Waals surface area contributed by atoms with E-state index in [1.54, 1.807) is 58.1 Å². The molecule has 142 valence electrons. The smallest absolute Gasteiger partial charge is 0.189 e. The number of benzene rings is 1. The first-order valence-corrected chi connectivity index (χ1v) is 8.96. The van der Waals surface area contributed by atoms with Crippen molar-refractivity contribution in [2.24, 2.45) is 5.92 Å². The maximum absolute atomic E-state index is 12.9. The van der Waals surface area contributed by atoms with Crippen LogP contribution in [0, 0.1) is 5.92 Å². The van der Waals surface area contributed by atoms with Crippen molar-refractivity contribution in [3.8, 4) is 5.75 Å². The van der Waals surface area contributed by atoms with E-state index < -0.39 is 0 Å². The molecule has 27 heavy (non-hydrogen) atoms. The summed E-state index contributed by atoms with van der Waals surface area (Å²) in [4.78, 5) is 25.4. The quantitative estimate of drug-likeness (QED) is 0.340. The second-order valence-electron chi connectivity index (χ2n) is 6.50. The van der Waals surface area contributed by atoms with Gasteiger partial charge in [0.15, 0.2) is 11.6 Å². The van der Waals surface area contributed by atoms with Crippen molar-refractivity contribution < 1.29 is 14.7 Å². The molecule has 3 nitrogen and oxygen atoms in total. The Bertz CT molecular complexity index is 833. The van der Waals surface area contributed by atoms with Gasteiger partial charge in [0.05, 0.1) is 0 Å². The SMILES string of the molecule is C=C/C=C\C/C(C=C)=C(\C)C(=O)c1ccc(O)c(/C(=C/C)C(=O)C(C)C)c1. The van der Waals surface area contributed by atoms with E-state index in [-0.39, 0.29) is 23.2 Å². The number of phenols is 1. The van der Waals surface area contributed by atoms with Gasteiger partial charge in [0.1, 0.15) is 5.75 Å². The highest BCUT2D eigenvalue weighted by Gasteiger charge is 2.20. The Morgan fingerprint density at radius 1 is 1.22 bits per heavy atom. The van der Waals surface area contributed by atoms with Crippen LogP contribution < -0.4 is 0 Å². The molecule has 0 radical (unpaired) electrons. The van der Waals surface area contributed by atoms with E-state index in [4.69, 9.17) is 0 Å². The molecule has 0 spiro atoms. The molecule has 0 aliphatic carbocycles. The van der Waals surface area contributed by atoms with Crippen LogP contribution in [0.4, 0.5) is 0 Å². The van der Waals surface area contributed by atoms with Gasteiger partial charge >= 0.3 is 0 Å². The van der Waals surface area contributed by atoms with Gasteiger partial charge in [0, 0.05) is 28.2 Å². The van der Waals surface area contributed by atoms with Gasteiger partial charge in [0.2, 0.25) is 0 Å².